The molecule has 2 aromatic carbocycles. The zero-order valence-corrected chi connectivity index (χ0v) is 18.8. The lowest BCUT2D eigenvalue weighted by Crippen LogP contribution is -2.33. The van der Waals surface area contributed by atoms with E-state index in [9.17, 15) is 5.11 Å². The van der Waals surface area contributed by atoms with Crippen molar-refractivity contribution in [2.75, 3.05) is 13.1 Å². The molecule has 3 rings (SSSR count). The van der Waals surface area contributed by atoms with Crippen LogP contribution >= 0.6 is 11.6 Å². The third-order valence-corrected chi connectivity index (χ3v) is 4.91. The van der Waals surface area contributed by atoms with E-state index in [1.54, 1.807) is 4.68 Å². The Morgan fingerprint density at radius 1 is 1.07 bits per heavy atom. The first-order chi connectivity index (χ1) is 14.3. The Morgan fingerprint density at radius 3 is 2.43 bits per heavy atom. The molecule has 1 aromatic heterocycles. The largest absolute Gasteiger partial charge is 0.439 e. The highest BCUT2D eigenvalue weighted by atomic mass is 35.5. The summed E-state index contributed by atoms with van der Waals surface area (Å²) < 4.78 is 8.14. The molecule has 0 aliphatic rings. The van der Waals surface area contributed by atoms with Crippen LogP contribution < -0.4 is 4.74 Å². The van der Waals surface area contributed by atoms with Crippen LogP contribution in [0.3, 0.4) is 0 Å². The van der Waals surface area contributed by atoms with Gasteiger partial charge >= 0.3 is 0 Å². The van der Waals surface area contributed by atoms with Gasteiger partial charge in [-0.05, 0) is 50.1 Å². The van der Waals surface area contributed by atoms with Crippen molar-refractivity contribution in [1.29, 1.82) is 0 Å². The minimum absolute atomic E-state index is 0.412. The lowest BCUT2D eigenvalue weighted by Gasteiger charge is -2.26. The van der Waals surface area contributed by atoms with Gasteiger partial charge in [-0.1, -0.05) is 49.7 Å². The average molecular weight is 428 g/mol. The summed E-state index contributed by atoms with van der Waals surface area (Å²) in [5, 5.41) is 15.4. The van der Waals surface area contributed by atoms with Gasteiger partial charge in [0.1, 0.15) is 5.75 Å². The van der Waals surface area contributed by atoms with Crippen LogP contribution in [0.1, 0.15) is 32.0 Å². The number of nitrogens with zero attached hydrogens (tertiary/aromatic N) is 3. The van der Waals surface area contributed by atoms with Gasteiger partial charge in [-0.25, -0.2) is 4.68 Å². The van der Waals surface area contributed by atoms with E-state index in [-0.39, 0.29) is 0 Å². The fourth-order valence-corrected chi connectivity index (χ4v) is 3.71. The zero-order valence-electron chi connectivity index (χ0n) is 18.0. The summed E-state index contributed by atoms with van der Waals surface area (Å²) in [7, 11) is 0. The fraction of sp³-hybridized carbons (Fsp3) is 0.375. The predicted octanol–water partition coefficient (Wildman–Crippen LogP) is 5.47. The molecule has 0 aliphatic heterocycles. The van der Waals surface area contributed by atoms with E-state index in [1.165, 1.54) is 0 Å². The van der Waals surface area contributed by atoms with E-state index < -0.39 is 6.10 Å². The Labute approximate surface area is 183 Å². The Morgan fingerprint density at radius 2 is 1.80 bits per heavy atom. The van der Waals surface area contributed by atoms with Crippen LogP contribution in [0.15, 0.2) is 54.6 Å². The van der Waals surface area contributed by atoms with Crippen LogP contribution in [0.5, 0.6) is 11.6 Å². The SMILES string of the molecule is Cc1nn(-c2cccc(Cl)c2)c(Oc2ccccc2)c1CN(CC(C)C)C[C@@H](C)O. The van der Waals surface area contributed by atoms with Crippen molar-refractivity contribution < 1.29 is 9.84 Å². The van der Waals surface area contributed by atoms with Gasteiger partial charge in [0.2, 0.25) is 5.88 Å². The first-order valence-corrected chi connectivity index (χ1v) is 10.7. The second-order valence-electron chi connectivity index (χ2n) is 8.11. The highest BCUT2D eigenvalue weighted by molar-refractivity contribution is 6.30. The summed E-state index contributed by atoms with van der Waals surface area (Å²) in [4.78, 5) is 2.25. The Kier molecular flexibility index (Phi) is 7.53. The van der Waals surface area contributed by atoms with Crippen molar-refractivity contribution in [3.05, 3.63) is 70.9 Å². The van der Waals surface area contributed by atoms with Gasteiger partial charge in [0, 0.05) is 24.7 Å². The zero-order chi connectivity index (χ0) is 21.7. The molecule has 3 aromatic rings. The molecular weight excluding hydrogens is 398 g/mol. The summed E-state index contributed by atoms with van der Waals surface area (Å²) in [6, 6.07) is 17.3. The van der Waals surface area contributed by atoms with E-state index >= 15 is 0 Å². The number of aliphatic hydroxyl groups excluding tert-OH is 1. The van der Waals surface area contributed by atoms with Gasteiger partial charge in [0.15, 0.2) is 0 Å². The first-order valence-electron chi connectivity index (χ1n) is 10.3. The second kappa shape index (κ2) is 10.1. The lowest BCUT2D eigenvalue weighted by molar-refractivity contribution is 0.114. The quantitative estimate of drug-likeness (QED) is 0.492. The predicted molar refractivity (Wildman–Crippen MR) is 122 cm³/mol. The first kappa shape index (κ1) is 22.3. The second-order valence-corrected chi connectivity index (χ2v) is 8.55. The van der Waals surface area contributed by atoms with Crippen LogP contribution in [0.2, 0.25) is 5.02 Å². The van der Waals surface area contributed by atoms with Crippen LogP contribution in [0, 0.1) is 12.8 Å². The summed E-state index contributed by atoms with van der Waals surface area (Å²) in [5.41, 5.74) is 2.73. The molecule has 160 valence electrons. The standard InChI is InChI=1S/C24H30ClN3O2/c1-17(2)14-27(15-18(3)29)16-23-19(4)26-28(21-10-8-9-20(25)13-21)24(23)30-22-11-6-5-7-12-22/h5-13,17-18,29H,14-16H2,1-4H3/t18-/m1/s1. The smallest absolute Gasteiger partial charge is 0.227 e. The Balaban J connectivity index is 2.04. The Bertz CT molecular complexity index is 944. The normalized spacial score (nSPS) is 12.5. The maximum atomic E-state index is 9.99. The molecule has 0 radical (unpaired) electrons. The van der Waals surface area contributed by atoms with Gasteiger partial charge in [-0.15, -0.1) is 0 Å². The van der Waals surface area contributed by atoms with Gasteiger partial charge in [0.05, 0.1) is 23.0 Å². The molecule has 0 fully saturated rings. The minimum Gasteiger partial charge on any atom is -0.439 e. The van der Waals surface area contributed by atoms with Crippen LogP contribution in [-0.4, -0.2) is 39.0 Å². The Hall–Kier alpha value is -2.34. The number of para-hydroxylation sites is 1. The molecule has 0 saturated carbocycles. The molecule has 0 bridgehead atoms. The number of halogens is 1. The number of ether oxygens (including phenoxy) is 1. The van der Waals surface area contributed by atoms with Crippen molar-refractivity contribution in [2.24, 2.45) is 5.92 Å². The van der Waals surface area contributed by atoms with Crippen molar-refractivity contribution in [1.82, 2.24) is 14.7 Å². The number of rotatable bonds is 9. The molecule has 1 N–H and O–H groups in total. The summed E-state index contributed by atoms with van der Waals surface area (Å²) in [5.74, 6) is 1.89. The number of hydrogen-bond donors (Lipinski definition) is 1. The molecule has 0 saturated heterocycles. The number of aliphatic hydroxyl groups is 1. The van der Waals surface area contributed by atoms with Gasteiger partial charge in [-0.2, -0.15) is 5.10 Å². The average Bonchev–Trinajstić information content (AvgIpc) is 2.97. The molecule has 6 heteroatoms. The van der Waals surface area contributed by atoms with Crippen LogP contribution in [-0.2, 0) is 6.54 Å². The third-order valence-electron chi connectivity index (χ3n) is 4.68. The van der Waals surface area contributed by atoms with Crippen LogP contribution in [0.4, 0.5) is 0 Å². The maximum absolute atomic E-state index is 9.99. The highest BCUT2D eigenvalue weighted by Crippen LogP contribution is 2.32. The lowest BCUT2D eigenvalue weighted by atomic mass is 10.1. The van der Waals surface area contributed by atoms with E-state index in [4.69, 9.17) is 21.4 Å². The third kappa shape index (κ3) is 5.85. The van der Waals surface area contributed by atoms with Crippen molar-refractivity contribution in [3.8, 4) is 17.3 Å². The van der Waals surface area contributed by atoms with Crippen molar-refractivity contribution in [2.45, 2.75) is 40.3 Å². The molecule has 0 unspecified atom stereocenters. The maximum Gasteiger partial charge on any atom is 0.227 e. The summed E-state index contributed by atoms with van der Waals surface area (Å²) in [6.07, 6.45) is -0.412. The summed E-state index contributed by atoms with van der Waals surface area (Å²) >= 11 is 6.23. The van der Waals surface area contributed by atoms with Crippen LogP contribution in [0.25, 0.3) is 5.69 Å². The van der Waals surface area contributed by atoms with Crippen molar-refractivity contribution in [3.63, 3.8) is 0 Å². The molecule has 5 nitrogen and oxygen atoms in total. The summed E-state index contributed by atoms with van der Waals surface area (Å²) in [6.45, 7) is 10.3. The molecule has 0 spiro atoms. The van der Waals surface area contributed by atoms with E-state index in [1.807, 2.05) is 68.4 Å². The molecule has 1 heterocycles. The molecule has 30 heavy (non-hydrogen) atoms. The monoisotopic (exact) mass is 427 g/mol. The van der Waals surface area contributed by atoms with E-state index in [0.717, 1.165) is 29.2 Å². The number of aryl methyl sites for hydroxylation is 1. The number of hydrogen-bond acceptors (Lipinski definition) is 4. The van der Waals surface area contributed by atoms with E-state index in [2.05, 4.69) is 18.7 Å². The molecule has 1 atom stereocenters. The van der Waals surface area contributed by atoms with Crippen molar-refractivity contribution >= 4 is 11.6 Å². The number of benzene rings is 2. The molecular formula is C24H30ClN3O2. The fourth-order valence-electron chi connectivity index (χ4n) is 3.53. The molecule has 0 aliphatic carbocycles. The molecule has 0 amide bonds. The minimum atomic E-state index is -0.412. The highest BCUT2D eigenvalue weighted by Gasteiger charge is 2.22. The van der Waals surface area contributed by atoms with E-state index in [0.29, 0.717) is 29.9 Å². The van der Waals surface area contributed by atoms with Gasteiger partial charge in [-0.3, -0.25) is 4.90 Å². The van der Waals surface area contributed by atoms with Gasteiger partial charge < -0.3 is 9.84 Å². The topological polar surface area (TPSA) is 50.5 Å². The van der Waals surface area contributed by atoms with Gasteiger partial charge in [0.25, 0.3) is 0 Å². The number of aromatic nitrogens is 2.